The fraction of sp³-hybridized carbons (Fsp3) is 0.235. The second-order valence-corrected chi connectivity index (χ2v) is 5.33. The normalized spacial score (nSPS) is 10.4. The summed E-state index contributed by atoms with van der Waals surface area (Å²) in [4.78, 5) is 22.2. The van der Waals surface area contributed by atoms with Gasteiger partial charge in [-0.25, -0.2) is 0 Å². The number of hydrogen-bond donors (Lipinski definition) is 1. The van der Waals surface area contributed by atoms with E-state index in [0.29, 0.717) is 0 Å². The summed E-state index contributed by atoms with van der Waals surface area (Å²) in [5.74, 6) is 0.250. The minimum absolute atomic E-state index is 0.0759. The van der Waals surface area contributed by atoms with E-state index in [4.69, 9.17) is 4.74 Å². The van der Waals surface area contributed by atoms with Crippen LogP contribution < -0.4 is 10.1 Å². The van der Waals surface area contributed by atoms with Gasteiger partial charge in [-0.05, 0) is 23.6 Å². The number of benzene rings is 2. The average molecular weight is 314 g/mol. The summed E-state index contributed by atoms with van der Waals surface area (Å²) >= 11 is 0. The van der Waals surface area contributed by atoms with Crippen LogP contribution in [0.25, 0.3) is 0 Å². The number of hydrogen-bond acceptors (Lipinski definition) is 4. The molecule has 0 aliphatic heterocycles. The summed E-state index contributed by atoms with van der Waals surface area (Å²) in [6.45, 7) is 3.88. The number of rotatable bonds is 6. The Balaban J connectivity index is 1.98. The number of ether oxygens (including phenoxy) is 1. The van der Waals surface area contributed by atoms with Gasteiger partial charge in [0.15, 0.2) is 6.61 Å². The van der Waals surface area contributed by atoms with Crippen molar-refractivity contribution in [1.29, 1.82) is 0 Å². The summed E-state index contributed by atoms with van der Waals surface area (Å²) in [5.41, 5.74) is 1.71. The molecule has 0 fully saturated rings. The molecule has 0 unspecified atom stereocenters. The standard InChI is InChI=1S/C17H18N2O4/c1-12(2)15-8-3-4-9-16(15)18-17(20)11-23-14-7-5-6-13(10-14)19(21)22/h3-10,12H,11H2,1-2H3,(H,18,20). The van der Waals surface area contributed by atoms with Gasteiger partial charge in [0.25, 0.3) is 11.6 Å². The molecule has 0 bridgehead atoms. The maximum absolute atomic E-state index is 12.0. The van der Waals surface area contributed by atoms with Gasteiger partial charge in [0, 0.05) is 11.8 Å². The highest BCUT2D eigenvalue weighted by Gasteiger charge is 2.11. The van der Waals surface area contributed by atoms with E-state index >= 15 is 0 Å². The van der Waals surface area contributed by atoms with Gasteiger partial charge < -0.3 is 10.1 Å². The van der Waals surface area contributed by atoms with Crippen LogP contribution >= 0.6 is 0 Å². The van der Waals surface area contributed by atoms with E-state index in [-0.39, 0.29) is 29.9 Å². The lowest BCUT2D eigenvalue weighted by molar-refractivity contribution is -0.384. The molecule has 0 aliphatic rings. The van der Waals surface area contributed by atoms with Gasteiger partial charge in [-0.15, -0.1) is 0 Å². The predicted octanol–water partition coefficient (Wildman–Crippen LogP) is 3.74. The van der Waals surface area contributed by atoms with E-state index in [1.54, 1.807) is 6.07 Å². The Bertz CT molecular complexity index is 713. The molecule has 0 radical (unpaired) electrons. The first-order valence-electron chi connectivity index (χ1n) is 7.23. The number of carbonyl (C=O) groups is 1. The summed E-state index contributed by atoms with van der Waals surface area (Å²) in [7, 11) is 0. The minimum atomic E-state index is -0.508. The summed E-state index contributed by atoms with van der Waals surface area (Å²) in [5, 5.41) is 13.5. The molecule has 23 heavy (non-hydrogen) atoms. The van der Waals surface area contributed by atoms with E-state index in [9.17, 15) is 14.9 Å². The second kappa shape index (κ2) is 7.40. The molecular weight excluding hydrogens is 296 g/mol. The molecule has 0 heterocycles. The van der Waals surface area contributed by atoms with Crippen molar-refractivity contribution in [1.82, 2.24) is 0 Å². The fourth-order valence-corrected chi connectivity index (χ4v) is 2.14. The molecule has 0 saturated heterocycles. The minimum Gasteiger partial charge on any atom is -0.484 e. The zero-order valence-corrected chi connectivity index (χ0v) is 13.0. The maximum atomic E-state index is 12.0. The van der Waals surface area contributed by atoms with Crippen molar-refractivity contribution < 1.29 is 14.5 Å². The van der Waals surface area contributed by atoms with Crippen molar-refractivity contribution in [2.45, 2.75) is 19.8 Å². The van der Waals surface area contributed by atoms with E-state index in [1.165, 1.54) is 18.2 Å². The molecule has 0 aliphatic carbocycles. The quantitative estimate of drug-likeness (QED) is 0.650. The number of nitrogens with one attached hydrogen (secondary N) is 1. The fourth-order valence-electron chi connectivity index (χ4n) is 2.14. The number of anilines is 1. The molecule has 6 nitrogen and oxygen atoms in total. The first-order chi connectivity index (χ1) is 11.0. The van der Waals surface area contributed by atoms with Crippen molar-refractivity contribution in [3.05, 3.63) is 64.2 Å². The van der Waals surface area contributed by atoms with Gasteiger partial charge >= 0.3 is 0 Å². The van der Waals surface area contributed by atoms with Crippen molar-refractivity contribution in [2.24, 2.45) is 0 Å². The second-order valence-electron chi connectivity index (χ2n) is 5.33. The van der Waals surface area contributed by atoms with Gasteiger partial charge in [0.1, 0.15) is 5.75 Å². The smallest absolute Gasteiger partial charge is 0.273 e. The third kappa shape index (κ3) is 4.54. The number of non-ortho nitro benzene ring substituents is 1. The number of para-hydroxylation sites is 1. The molecule has 0 saturated carbocycles. The number of nitro benzene ring substituents is 1. The monoisotopic (exact) mass is 314 g/mol. The van der Waals surface area contributed by atoms with Crippen LogP contribution in [0.15, 0.2) is 48.5 Å². The zero-order chi connectivity index (χ0) is 16.8. The molecule has 2 rings (SSSR count). The molecule has 1 amide bonds. The third-order valence-corrected chi connectivity index (χ3v) is 3.26. The van der Waals surface area contributed by atoms with Crippen LogP contribution in [0.2, 0.25) is 0 Å². The topological polar surface area (TPSA) is 81.5 Å². The lowest BCUT2D eigenvalue weighted by Gasteiger charge is -2.13. The van der Waals surface area contributed by atoms with Gasteiger partial charge in [-0.1, -0.05) is 38.1 Å². The van der Waals surface area contributed by atoms with Crippen LogP contribution in [0.1, 0.15) is 25.3 Å². The van der Waals surface area contributed by atoms with Crippen molar-refractivity contribution in [2.75, 3.05) is 11.9 Å². The Morgan fingerprint density at radius 1 is 1.22 bits per heavy atom. The van der Waals surface area contributed by atoms with Crippen molar-refractivity contribution in [3.63, 3.8) is 0 Å². The molecule has 6 heteroatoms. The molecule has 120 valence electrons. The molecule has 1 N–H and O–H groups in total. The highest BCUT2D eigenvalue weighted by atomic mass is 16.6. The van der Waals surface area contributed by atoms with Crippen LogP contribution in [0.3, 0.4) is 0 Å². The summed E-state index contributed by atoms with van der Waals surface area (Å²) in [6.07, 6.45) is 0. The van der Waals surface area contributed by atoms with Crippen LogP contribution in [0, 0.1) is 10.1 Å². The SMILES string of the molecule is CC(C)c1ccccc1NC(=O)COc1cccc([N+](=O)[O-])c1. The highest BCUT2D eigenvalue weighted by Crippen LogP contribution is 2.24. The van der Waals surface area contributed by atoms with E-state index < -0.39 is 4.92 Å². The van der Waals surface area contributed by atoms with Gasteiger partial charge in [-0.2, -0.15) is 0 Å². The van der Waals surface area contributed by atoms with E-state index in [2.05, 4.69) is 5.32 Å². The number of amides is 1. The largest absolute Gasteiger partial charge is 0.484 e. The Morgan fingerprint density at radius 3 is 2.65 bits per heavy atom. The predicted molar refractivity (Wildman–Crippen MR) is 87.8 cm³/mol. The van der Waals surface area contributed by atoms with Crippen LogP contribution in [-0.2, 0) is 4.79 Å². The molecule has 2 aromatic rings. The van der Waals surface area contributed by atoms with Crippen LogP contribution in [0.4, 0.5) is 11.4 Å². The highest BCUT2D eigenvalue weighted by molar-refractivity contribution is 5.92. The van der Waals surface area contributed by atoms with Crippen LogP contribution in [0.5, 0.6) is 5.75 Å². The molecule has 2 aromatic carbocycles. The number of nitro groups is 1. The Labute approximate surface area is 134 Å². The lowest BCUT2D eigenvalue weighted by atomic mass is 10.0. The number of carbonyl (C=O) groups excluding carboxylic acids is 1. The van der Waals surface area contributed by atoms with Gasteiger partial charge in [0.05, 0.1) is 11.0 Å². The first-order valence-corrected chi connectivity index (χ1v) is 7.23. The van der Waals surface area contributed by atoms with Crippen LogP contribution in [-0.4, -0.2) is 17.4 Å². The van der Waals surface area contributed by atoms with E-state index in [0.717, 1.165) is 11.3 Å². The van der Waals surface area contributed by atoms with Gasteiger partial charge in [0.2, 0.25) is 0 Å². The Morgan fingerprint density at radius 2 is 1.96 bits per heavy atom. The van der Waals surface area contributed by atoms with Crippen molar-refractivity contribution >= 4 is 17.3 Å². The lowest BCUT2D eigenvalue weighted by Crippen LogP contribution is -2.21. The summed E-state index contributed by atoms with van der Waals surface area (Å²) in [6, 6.07) is 13.3. The number of nitrogens with zero attached hydrogens (tertiary/aromatic N) is 1. The average Bonchev–Trinajstić information content (AvgIpc) is 2.53. The van der Waals surface area contributed by atoms with Gasteiger partial charge in [-0.3, -0.25) is 14.9 Å². The maximum Gasteiger partial charge on any atom is 0.273 e. The third-order valence-electron chi connectivity index (χ3n) is 3.26. The first kappa shape index (κ1) is 16.5. The van der Waals surface area contributed by atoms with Crippen molar-refractivity contribution in [3.8, 4) is 5.75 Å². The summed E-state index contributed by atoms with van der Waals surface area (Å²) < 4.78 is 5.31. The Kier molecular flexibility index (Phi) is 5.30. The molecule has 0 spiro atoms. The molecule has 0 atom stereocenters. The Hall–Kier alpha value is -2.89. The zero-order valence-electron chi connectivity index (χ0n) is 13.0. The van der Waals surface area contributed by atoms with E-state index in [1.807, 2.05) is 38.1 Å². The molecule has 0 aromatic heterocycles. The molecular formula is C17H18N2O4.